The third-order valence-electron chi connectivity index (χ3n) is 5.23. The number of fused-ring (bicyclic) bond motifs is 3. The van der Waals surface area contributed by atoms with Crippen molar-refractivity contribution in [2.24, 2.45) is 0 Å². The van der Waals surface area contributed by atoms with Crippen molar-refractivity contribution >= 4 is 39.2 Å². The lowest BCUT2D eigenvalue weighted by Gasteiger charge is -2.18. The molecule has 1 aliphatic rings. The molecule has 2 heterocycles. The minimum absolute atomic E-state index is 0.0130. The number of carbonyl (C=O) groups excluding carboxylic acids is 1. The average Bonchev–Trinajstić information content (AvgIpc) is 3.14. The number of thiophene rings is 1. The fourth-order valence-electron chi connectivity index (χ4n) is 3.67. The van der Waals surface area contributed by atoms with Gasteiger partial charge in [-0.25, -0.2) is 9.97 Å². The first-order chi connectivity index (χ1) is 14.2. The molecule has 152 valence electrons. The number of ether oxygens (including phenoxy) is 1. The number of aromatic nitrogens is 2. The molecule has 1 aromatic carbocycles. The van der Waals surface area contributed by atoms with Gasteiger partial charge in [0.2, 0.25) is 0 Å². The summed E-state index contributed by atoms with van der Waals surface area (Å²) in [4.78, 5) is 26.6. The fourth-order valence-corrected chi connectivity index (χ4v) is 5.88. The summed E-state index contributed by atoms with van der Waals surface area (Å²) < 4.78 is 5.67. The Morgan fingerprint density at radius 1 is 1.14 bits per heavy atom. The predicted octanol–water partition coefficient (Wildman–Crippen LogP) is 4.97. The van der Waals surface area contributed by atoms with Crippen LogP contribution in [0.15, 0.2) is 40.5 Å². The zero-order chi connectivity index (χ0) is 20.2. The summed E-state index contributed by atoms with van der Waals surface area (Å²) in [5.41, 5.74) is 1.45. The Labute approximate surface area is 179 Å². The van der Waals surface area contributed by atoms with Gasteiger partial charge in [0.05, 0.1) is 0 Å². The van der Waals surface area contributed by atoms with Gasteiger partial charge in [0.15, 0.2) is 6.61 Å². The first-order valence-electron chi connectivity index (χ1n) is 10.1. The summed E-state index contributed by atoms with van der Waals surface area (Å²) in [6, 6.07) is 7.88. The quantitative estimate of drug-likeness (QED) is 0.498. The summed E-state index contributed by atoms with van der Waals surface area (Å²) in [7, 11) is 0. The number of aryl methyl sites for hydroxylation is 2. The molecular formula is C22H25N3O2S2. The maximum atomic E-state index is 12.1. The summed E-state index contributed by atoms with van der Waals surface area (Å²) >= 11 is 3.49. The highest BCUT2D eigenvalue weighted by atomic mass is 32.2. The topological polar surface area (TPSA) is 55.3 Å². The number of amides is 1. The average molecular weight is 428 g/mol. The molecule has 5 nitrogen and oxygen atoms in total. The van der Waals surface area contributed by atoms with Crippen molar-refractivity contribution in [2.75, 3.05) is 19.7 Å². The Balaban J connectivity index is 1.47. The van der Waals surface area contributed by atoms with Crippen molar-refractivity contribution in [3.8, 4) is 5.75 Å². The summed E-state index contributed by atoms with van der Waals surface area (Å²) in [5.74, 6) is 0.717. The second-order valence-corrected chi connectivity index (χ2v) is 9.14. The molecule has 0 aliphatic heterocycles. The fraction of sp³-hybridized carbons (Fsp3) is 0.409. The van der Waals surface area contributed by atoms with Crippen LogP contribution in [0.2, 0.25) is 0 Å². The van der Waals surface area contributed by atoms with E-state index in [4.69, 9.17) is 4.74 Å². The molecule has 0 atom stereocenters. The number of hydrogen-bond acceptors (Lipinski definition) is 6. The third-order valence-corrected chi connectivity index (χ3v) is 7.44. The van der Waals surface area contributed by atoms with Crippen molar-refractivity contribution < 1.29 is 9.53 Å². The van der Waals surface area contributed by atoms with Crippen LogP contribution >= 0.6 is 23.1 Å². The second-order valence-electron chi connectivity index (χ2n) is 7.00. The summed E-state index contributed by atoms with van der Waals surface area (Å²) in [6.45, 7) is 5.42. The van der Waals surface area contributed by atoms with Gasteiger partial charge in [0.25, 0.3) is 5.91 Å². The van der Waals surface area contributed by atoms with Gasteiger partial charge in [0, 0.05) is 28.2 Å². The van der Waals surface area contributed by atoms with E-state index < -0.39 is 0 Å². The molecule has 0 N–H and O–H groups in total. The Bertz CT molecular complexity index is 997. The van der Waals surface area contributed by atoms with Crippen molar-refractivity contribution in [3.05, 3.63) is 41.0 Å². The molecule has 0 radical (unpaired) electrons. The van der Waals surface area contributed by atoms with Gasteiger partial charge in [-0.3, -0.25) is 4.79 Å². The van der Waals surface area contributed by atoms with E-state index >= 15 is 0 Å². The highest BCUT2D eigenvalue weighted by molar-refractivity contribution is 7.99. The van der Waals surface area contributed by atoms with Gasteiger partial charge >= 0.3 is 0 Å². The lowest BCUT2D eigenvalue weighted by Crippen LogP contribution is -2.34. The van der Waals surface area contributed by atoms with E-state index in [0.717, 1.165) is 21.2 Å². The van der Waals surface area contributed by atoms with Crippen molar-refractivity contribution in [1.82, 2.24) is 14.9 Å². The lowest BCUT2D eigenvalue weighted by molar-refractivity contribution is -0.132. The van der Waals surface area contributed by atoms with Gasteiger partial charge in [-0.05, 0) is 69.4 Å². The normalized spacial score (nSPS) is 13.3. The zero-order valence-electron chi connectivity index (χ0n) is 16.8. The molecule has 0 unspecified atom stereocenters. The third kappa shape index (κ3) is 4.41. The largest absolute Gasteiger partial charge is 0.484 e. The first-order valence-corrected chi connectivity index (χ1v) is 11.8. The number of likely N-dealkylation sites (N-methyl/N-ethyl adjacent to an activating group) is 1. The van der Waals surface area contributed by atoms with E-state index in [-0.39, 0.29) is 12.5 Å². The van der Waals surface area contributed by atoms with Crippen LogP contribution in [0.4, 0.5) is 0 Å². The molecular weight excluding hydrogens is 402 g/mol. The number of benzene rings is 1. The van der Waals surface area contributed by atoms with E-state index in [9.17, 15) is 4.79 Å². The molecule has 0 bridgehead atoms. The number of hydrogen-bond donors (Lipinski definition) is 0. The highest BCUT2D eigenvalue weighted by Crippen LogP contribution is 2.41. The van der Waals surface area contributed by atoms with Gasteiger partial charge in [-0.15, -0.1) is 11.3 Å². The zero-order valence-corrected chi connectivity index (χ0v) is 18.4. The van der Waals surface area contributed by atoms with Gasteiger partial charge < -0.3 is 9.64 Å². The minimum Gasteiger partial charge on any atom is -0.484 e. The Kier molecular flexibility index (Phi) is 6.35. The van der Waals surface area contributed by atoms with Crippen LogP contribution < -0.4 is 4.74 Å². The van der Waals surface area contributed by atoms with Gasteiger partial charge in [0.1, 0.15) is 21.9 Å². The Morgan fingerprint density at radius 3 is 2.66 bits per heavy atom. The summed E-state index contributed by atoms with van der Waals surface area (Å²) in [5, 5.41) is 2.27. The predicted molar refractivity (Wildman–Crippen MR) is 118 cm³/mol. The lowest BCUT2D eigenvalue weighted by atomic mass is 9.97. The molecule has 0 saturated heterocycles. The van der Waals surface area contributed by atoms with E-state index in [1.54, 1.807) is 23.0 Å². The summed E-state index contributed by atoms with van der Waals surface area (Å²) in [6.07, 6.45) is 6.48. The molecule has 2 aromatic heterocycles. The maximum Gasteiger partial charge on any atom is 0.260 e. The molecule has 7 heteroatoms. The van der Waals surface area contributed by atoms with Gasteiger partial charge in [-0.2, -0.15) is 0 Å². The van der Waals surface area contributed by atoms with Crippen LogP contribution in [0.1, 0.15) is 37.1 Å². The standard InChI is InChI=1S/C22H25N3O2S2/c1-3-25(4-2)19(26)13-27-15-9-11-16(12-10-15)28-21-20-17-7-5-6-8-18(17)29-22(20)24-14-23-21/h9-12,14H,3-8,13H2,1-2H3. The van der Waals surface area contributed by atoms with Crippen LogP contribution in [0.25, 0.3) is 10.2 Å². The van der Waals surface area contributed by atoms with Crippen molar-refractivity contribution in [2.45, 2.75) is 49.5 Å². The molecule has 0 saturated carbocycles. The number of rotatable bonds is 7. The van der Waals surface area contributed by atoms with E-state index in [1.807, 2.05) is 49.4 Å². The van der Waals surface area contributed by atoms with Crippen molar-refractivity contribution in [3.63, 3.8) is 0 Å². The molecule has 4 rings (SSSR count). The molecule has 0 fully saturated rings. The van der Waals surface area contributed by atoms with E-state index in [2.05, 4.69) is 9.97 Å². The van der Waals surface area contributed by atoms with Crippen LogP contribution in [-0.4, -0.2) is 40.5 Å². The van der Waals surface area contributed by atoms with E-state index in [1.165, 1.54) is 35.1 Å². The van der Waals surface area contributed by atoms with E-state index in [0.29, 0.717) is 18.8 Å². The first kappa shape index (κ1) is 20.2. The molecule has 29 heavy (non-hydrogen) atoms. The van der Waals surface area contributed by atoms with Crippen LogP contribution in [0.5, 0.6) is 5.75 Å². The number of nitrogens with zero attached hydrogens (tertiary/aromatic N) is 3. The second kappa shape index (κ2) is 9.13. The van der Waals surface area contributed by atoms with Crippen molar-refractivity contribution in [1.29, 1.82) is 0 Å². The molecule has 1 amide bonds. The van der Waals surface area contributed by atoms with Gasteiger partial charge in [-0.1, -0.05) is 11.8 Å². The van der Waals surface area contributed by atoms with Crippen LogP contribution in [-0.2, 0) is 17.6 Å². The minimum atomic E-state index is 0.0130. The molecule has 3 aromatic rings. The highest BCUT2D eigenvalue weighted by Gasteiger charge is 2.20. The van der Waals surface area contributed by atoms with Crippen LogP contribution in [0, 0.1) is 0 Å². The monoisotopic (exact) mass is 427 g/mol. The molecule has 1 aliphatic carbocycles. The Hall–Kier alpha value is -2.12. The number of carbonyl (C=O) groups is 1. The van der Waals surface area contributed by atoms with Crippen LogP contribution in [0.3, 0.4) is 0 Å². The SMILES string of the molecule is CCN(CC)C(=O)COc1ccc(Sc2ncnc3sc4c(c23)CCCC4)cc1. The Morgan fingerprint density at radius 2 is 1.90 bits per heavy atom. The maximum absolute atomic E-state index is 12.1. The molecule has 0 spiro atoms. The smallest absolute Gasteiger partial charge is 0.260 e.